The van der Waals surface area contributed by atoms with E-state index in [0.717, 1.165) is 12.0 Å². The van der Waals surface area contributed by atoms with E-state index in [-0.39, 0.29) is 18.6 Å². The van der Waals surface area contributed by atoms with Gasteiger partial charge in [0.1, 0.15) is 5.75 Å². The van der Waals surface area contributed by atoms with Crippen LogP contribution in [0.1, 0.15) is 24.9 Å². The van der Waals surface area contributed by atoms with E-state index in [1.54, 1.807) is 7.11 Å². The molecule has 1 rings (SSSR count). The van der Waals surface area contributed by atoms with Crippen molar-refractivity contribution in [1.29, 1.82) is 0 Å². The summed E-state index contributed by atoms with van der Waals surface area (Å²) >= 11 is 0. The third-order valence-electron chi connectivity index (χ3n) is 2.62. The lowest BCUT2D eigenvalue weighted by molar-refractivity contribution is -0.123. The van der Waals surface area contributed by atoms with Crippen molar-refractivity contribution in [1.82, 2.24) is 5.32 Å². The third kappa shape index (κ3) is 5.72. The van der Waals surface area contributed by atoms with E-state index in [2.05, 4.69) is 5.32 Å². The number of ether oxygens (including phenoxy) is 2. The Balaban J connectivity index is 2.38. The van der Waals surface area contributed by atoms with Gasteiger partial charge in [0.2, 0.25) is 0 Å². The number of carbonyl (C=O) groups is 1. The van der Waals surface area contributed by atoms with Crippen molar-refractivity contribution < 1.29 is 14.3 Å². The summed E-state index contributed by atoms with van der Waals surface area (Å²) < 4.78 is 10.4. The molecule has 1 amide bonds. The van der Waals surface area contributed by atoms with E-state index >= 15 is 0 Å². The van der Waals surface area contributed by atoms with Gasteiger partial charge in [0.25, 0.3) is 5.91 Å². The molecule has 0 aliphatic heterocycles. The summed E-state index contributed by atoms with van der Waals surface area (Å²) in [6.07, 6.45) is 0.790. The summed E-state index contributed by atoms with van der Waals surface area (Å²) in [5.74, 6) is 0.514. The molecule has 0 aromatic heterocycles. The van der Waals surface area contributed by atoms with Crippen molar-refractivity contribution >= 4 is 5.91 Å². The molecule has 5 nitrogen and oxygen atoms in total. The second-order valence-corrected chi connectivity index (χ2v) is 4.31. The number of carbonyl (C=O) groups excluding carboxylic acids is 1. The monoisotopic (exact) mass is 266 g/mol. The van der Waals surface area contributed by atoms with Gasteiger partial charge in [-0.1, -0.05) is 18.2 Å². The molecule has 0 radical (unpaired) electrons. The van der Waals surface area contributed by atoms with Gasteiger partial charge in [0, 0.05) is 31.9 Å². The number of para-hydroxylation sites is 1. The van der Waals surface area contributed by atoms with Crippen LogP contribution in [0.15, 0.2) is 24.3 Å². The number of benzene rings is 1. The molecule has 3 N–H and O–H groups in total. The molecular formula is C14H22N2O3. The molecule has 0 spiro atoms. The zero-order chi connectivity index (χ0) is 14.1. The lowest BCUT2D eigenvalue weighted by atomic mass is 10.1. The highest BCUT2D eigenvalue weighted by Gasteiger charge is 2.08. The molecule has 0 heterocycles. The van der Waals surface area contributed by atoms with Gasteiger partial charge in [-0.2, -0.15) is 0 Å². The Hall–Kier alpha value is -1.59. The Labute approximate surface area is 114 Å². The lowest BCUT2D eigenvalue weighted by Crippen LogP contribution is -2.30. The lowest BCUT2D eigenvalue weighted by Gasteiger charge is -2.13. The second kappa shape index (κ2) is 8.50. The van der Waals surface area contributed by atoms with Gasteiger partial charge in [-0.05, 0) is 19.4 Å². The van der Waals surface area contributed by atoms with Gasteiger partial charge in [0.05, 0.1) is 0 Å². The normalized spacial score (nSPS) is 11.9. The minimum Gasteiger partial charge on any atom is -0.483 e. The highest BCUT2D eigenvalue weighted by atomic mass is 16.5. The SMILES string of the molecule is COCCCNC(=O)COc1ccccc1[C@H](C)N. The van der Waals surface area contributed by atoms with Crippen LogP contribution in [0.2, 0.25) is 0 Å². The highest BCUT2D eigenvalue weighted by Crippen LogP contribution is 2.22. The van der Waals surface area contributed by atoms with E-state index in [1.165, 1.54) is 0 Å². The average Bonchev–Trinajstić information content (AvgIpc) is 2.41. The Morgan fingerprint density at radius 3 is 2.84 bits per heavy atom. The van der Waals surface area contributed by atoms with Crippen molar-refractivity contribution in [2.24, 2.45) is 5.73 Å². The summed E-state index contributed by atoms with van der Waals surface area (Å²) in [7, 11) is 1.63. The Kier molecular flexibility index (Phi) is 6.92. The number of hydrogen-bond donors (Lipinski definition) is 2. The number of amides is 1. The molecule has 0 aliphatic rings. The maximum absolute atomic E-state index is 11.6. The van der Waals surface area contributed by atoms with Crippen molar-refractivity contribution in [3.05, 3.63) is 29.8 Å². The fourth-order valence-corrected chi connectivity index (χ4v) is 1.63. The quantitative estimate of drug-likeness (QED) is 0.694. The number of rotatable bonds is 8. The molecule has 106 valence electrons. The van der Waals surface area contributed by atoms with Gasteiger partial charge in [0.15, 0.2) is 6.61 Å². The summed E-state index contributed by atoms with van der Waals surface area (Å²) in [5, 5.41) is 2.76. The first-order valence-electron chi connectivity index (χ1n) is 6.38. The van der Waals surface area contributed by atoms with Crippen molar-refractivity contribution in [2.75, 3.05) is 26.9 Å². The summed E-state index contributed by atoms with van der Waals surface area (Å²) in [6, 6.07) is 7.35. The van der Waals surface area contributed by atoms with Crippen LogP contribution in [0, 0.1) is 0 Å². The molecule has 1 aromatic rings. The molecule has 5 heteroatoms. The molecule has 0 fully saturated rings. The van der Waals surface area contributed by atoms with Gasteiger partial charge in [-0.15, -0.1) is 0 Å². The average molecular weight is 266 g/mol. The predicted octanol–water partition coefficient (Wildman–Crippen LogP) is 1.24. The van der Waals surface area contributed by atoms with Crippen molar-refractivity contribution in [2.45, 2.75) is 19.4 Å². The Bertz CT molecular complexity index is 394. The van der Waals surface area contributed by atoms with Crippen LogP contribution in [-0.4, -0.2) is 32.8 Å². The maximum Gasteiger partial charge on any atom is 0.257 e. The van der Waals surface area contributed by atoms with Crippen molar-refractivity contribution in [3.8, 4) is 5.75 Å². The first-order chi connectivity index (χ1) is 9.15. The minimum atomic E-state index is -0.143. The molecule has 1 atom stereocenters. The van der Waals surface area contributed by atoms with Crippen molar-refractivity contribution in [3.63, 3.8) is 0 Å². The van der Waals surface area contributed by atoms with Gasteiger partial charge in [-0.3, -0.25) is 4.79 Å². The van der Waals surface area contributed by atoms with Crippen LogP contribution < -0.4 is 15.8 Å². The van der Waals surface area contributed by atoms with Crippen LogP contribution in [-0.2, 0) is 9.53 Å². The fraction of sp³-hybridized carbons (Fsp3) is 0.500. The molecule has 1 aromatic carbocycles. The standard InChI is InChI=1S/C14H22N2O3/c1-11(15)12-6-3-4-7-13(12)19-10-14(17)16-8-5-9-18-2/h3-4,6-7,11H,5,8-10,15H2,1-2H3,(H,16,17)/t11-/m0/s1. The van der Waals surface area contributed by atoms with Crippen LogP contribution in [0.25, 0.3) is 0 Å². The molecular weight excluding hydrogens is 244 g/mol. The van der Waals surface area contributed by atoms with E-state index in [0.29, 0.717) is 18.9 Å². The number of nitrogens with one attached hydrogen (secondary N) is 1. The molecule has 0 saturated heterocycles. The first-order valence-corrected chi connectivity index (χ1v) is 6.38. The Morgan fingerprint density at radius 2 is 2.16 bits per heavy atom. The highest BCUT2D eigenvalue weighted by molar-refractivity contribution is 5.77. The van der Waals surface area contributed by atoms with Crippen LogP contribution in [0.5, 0.6) is 5.75 Å². The fourth-order valence-electron chi connectivity index (χ4n) is 1.63. The van der Waals surface area contributed by atoms with E-state index < -0.39 is 0 Å². The van der Waals surface area contributed by atoms with Crippen LogP contribution in [0.3, 0.4) is 0 Å². The van der Waals surface area contributed by atoms with Gasteiger partial charge in [-0.25, -0.2) is 0 Å². The number of nitrogens with two attached hydrogens (primary N) is 1. The first kappa shape index (κ1) is 15.5. The van der Waals surface area contributed by atoms with E-state index in [1.807, 2.05) is 31.2 Å². The molecule has 19 heavy (non-hydrogen) atoms. The zero-order valence-corrected chi connectivity index (χ0v) is 11.5. The smallest absolute Gasteiger partial charge is 0.257 e. The topological polar surface area (TPSA) is 73.6 Å². The summed E-state index contributed by atoms with van der Waals surface area (Å²) in [4.78, 5) is 11.6. The van der Waals surface area contributed by atoms with Gasteiger partial charge >= 0.3 is 0 Å². The largest absolute Gasteiger partial charge is 0.483 e. The zero-order valence-electron chi connectivity index (χ0n) is 11.5. The number of methoxy groups -OCH3 is 1. The van der Waals surface area contributed by atoms with Gasteiger partial charge < -0.3 is 20.5 Å². The minimum absolute atomic E-state index is 0.00326. The summed E-state index contributed by atoms with van der Waals surface area (Å²) in [6.45, 7) is 3.10. The summed E-state index contributed by atoms with van der Waals surface area (Å²) in [5.41, 5.74) is 6.74. The van der Waals surface area contributed by atoms with Crippen LogP contribution in [0.4, 0.5) is 0 Å². The maximum atomic E-state index is 11.6. The molecule has 0 saturated carbocycles. The molecule has 0 aliphatic carbocycles. The van der Waals surface area contributed by atoms with Crippen LogP contribution >= 0.6 is 0 Å². The number of hydrogen-bond acceptors (Lipinski definition) is 4. The van der Waals surface area contributed by atoms with E-state index in [4.69, 9.17) is 15.2 Å². The van der Waals surface area contributed by atoms with E-state index in [9.17, 15) is 4.79 Å². The third-order valence-corrected chi connectivity index (χ3v) is 2.62. The second-order valence-electron chi connectivity index (χ2n) is 4.31. The Morgan fingerprint density at radius 1 is 1.42 bits per heavy atom. The molecule has 0 unspecified atom stereocenters. The predicted molar refractivity (Wildman–Crippen MR) is 74.0 cm³/mol. The molecule has 0 bridgehead atoms.